The van der Waals surface area contributed by atoms with Gasteiger partial charge in [-0.3, -0.25) is 20.0 Å². The van der Waals surface area contributed by atoms with Gasteiger partial charge in [0.05, 0.1) is 11.9 Å². The van der Waals surface area contributed by atoms with Crippen molar-refractivity contribution in [1.82, 2.24) is 15.2 Å². The van der Waals surface area contributed by atoms with E-state index >= 15 is 8.78 Å². The SMILES string of the molecule is Cc1cc(N2c3cc(Cl)ccc3C=NC2C(F)(F)c2ccc(F)cn2)n[nH]1. The summed E-state index contributed by atoms with van der Waals surface area (Å²) in [4.78, 5) is 8.91. The minimum atomic E-state index is -3.52. The fourth-order valence-electron chi connectivity index (χ4n) is 2.92. The van der Waals surface area contributed by atoms with Gasteiger partial charge in [-0.15, -0.1) is 0 Å². The summed E-state index contributed by atoms with van der Waals surface area (Å²) >= 11 is 6.09. The molecule has 1 aromatic carbocycles. The van der Waals surface area contributed by atoms with Crippen LogP contribution in [0.4, 0.5) is 24.7 Å². The molecule has 4 rings (SSSR count). The molecule has 0 saturated carbocycles. The van der Waals surface area contributed by atoms with E-state index in [-0.39, 0.29) is 5.82 Å². The van der Waals surface area contributed by atoms with Gasteiger partial charge >= 0.3 is 5.92 Å². The number of pyridine rings is 1. The van der Waals surface area contributed by atoms with Crippen LogP contribution in [-0.4, -0.2) is 27.6 Å². The number of hydrogen-bond acceptors (Lipinski definition) is 4. The normalized spacial score (nSPS) is 16.5. The number of nitrogens with one attached hydrogen (secondary N) is 1. The Bertz CT molecular complexity index is 1020. The van der Waals surface area contributed by atoms with E-state index in [0.717, 1.165) is 18.3 Å². The van der Waals surface area contributed by atoms with Crippen molar-refractivity contribution < 1.29 is 13.2 Å². The number of hydrogen-bond donors (Lipinski definition) is 1. The maximum absolute atomic E-state index is 15.3. The van der Waals surface area contributed by atoms with Crippen LogP contribution < -0.4 is 4.90 Å². The maximum Gasteiger partial charge on any atom is 0.329 e. The lowest BCUT2D eigenvalue weighted by atomic mass is 10.0. The zero-order valence-electron chi connectivity index (χ0n) is 14.0. The molecule has 9 heteroatoms. The molecule has 2 aromatic heterocycles. The van der Waals surface area contributed by atoms with Gasteiger partial charge in [-0.1, -0.05) is 11.6 Å². The second kappa shape index (κ2) is 6.38. The Balaban J connectivity index is 1.87. The first kappa shape index (κ1) is 17.5. The molecular weight excluding hydrogens is 379 g/mol. The molecule has 1 aliphatic rings. The molecule has 27 heavy (non-hydrogen) atoms. The summed E-state index contributed by atoms with van der Waals surface area (Å²) in [6.07, 6.45) is 0.456. The molecule has 0 radical (unpaired) electrons. The molecule has 1 aliphatic heterocycles. The Morgan fingerprint density at radius 1 is 1.19 bits per heavy atom. The number of halogens is 4. The van der Waals surface area contributed by atoms with Crippen LogP contribution in [0, 0.1) is 12.7 Å². The van der Waals surface area contributed by atoms with E-state index in [2.05, 4.69) is 20.2 Å². The largest absolute Gasteiger partial charge is 0.329 e. The molecule has 5 nitrogen and oxygen atoms in total. The number of H-pyrrole nitrogens is 1. The molecular formula is C18H13ClF3N5. The standard InChI is InChI=1S/C18H13ClF3N5/c1-10-6-16(26-25-10)27-14-7-12(19)3-2-11(14)8-24-17(27)18(21,22)15-5-4-13(20)9-23-15/h2-9,17H,1H3,(H,25,26). The van der Waals surface area contributed by atoms with Crippen LogP contribution >= 0.6 is 11.6 Å². The average molecular weight is 392 g/mol. The molecule has 0 saturated heterocycles. The van der Waals surface area contributed by atoms with Crippen molar-refractivity contribution in [3.8, 4) is 0 Å². The molecule has 1 unspecified atom stereocenters. The van der Waals surface area contributed by atoms with Crippen molar-refractivity contribution in [2.45, 2.75) is 19.0 Å². The summed E-state index contributed by atoms with van der Waals surface area (Å²) in [6, 6.07) is 8.45. The monoisotopic (exact) mass is 391 g/mol. The summed E-state index contributed by atoms with van der Waals surface area (Å²) < 4.78 is 43.7. The van der Waals surface area contributed by atoms with Crippen molar-refractivity contribution in [1.29, 1.82) is 0 Å². The topological polar surface area (TPSA) is 57.2 Å². The van der Waals surface area contributed by atoms with Crippen LogP contribution in [0.1, 0.15) is 17.0 Å². The third-order valence-electron chi connectivity index (χ3n) is 4.18. The van der Waals surface area contributed by atoms with Gasteiger partial charge in [0.15, 0.2) is 12.0 Å². The third-order valence-corrected chi connectivity index (χ3v) is 4.42. The second-order valence-corrected chi connectivity index (χ2v) is 6.56. The predicted molar refractivity (Wildman–Crippen MR) is 96.4 cm³/mol. The smallest absolute Gasteiger partial charge is 0.296 e. The number of anilines is 2. The third kappa shape index (κ3) is 3.06. The van der Waals surface area contributed by atoms with E-state index in [1.807, 2.05) is 0 Å². The summed E-state index contributed by atoms with van der Waals surface area (Å²) in [5.74, 6) is -3.95. The lowest BCUT2D eigenvalue weighted by Gasteiger charge is -2.37. The van der Waals surface area contributed by atoms with Gasteiger partial charge in [-0.25, -0.2) is 4.39 Å². The van der Waals surface area contributed by atoms with E-state index in [9.17, 15) is 4.39 Å². The number of aromatic amines is 1. The highest BCUT2D eigenvalue weighted by Gasteiger charge is 2.49. The van der Waals surface area contributed by atoms with E-state index in [1.165, 1.54) is 11.1 Å². The number of fused-ring (bicyclic) bond motifs is 1. The highest BCUT2D eigenvalue weighted by molar-refractivity contribution is 6.31. The zero-order chi connectivity index (χ0) is 19.2. The Labute approximate surface area is 157 Å². The van der Waals surface area contributed by atoms with Crippen LogP contribution in [-0.2, 0) is 5.92 Å². The van der Waals surface area contributed by atoms with Gasteiger partial charge in [0.1, 0.15) is 11.5 Å². The molecule has 138 valence electrons. The Morgan fingerprint density at radius 3 is 2.67 bits per heavy atom. The second-order valence-electron chi connectivity index (χ2n) is 6.12. The first-order valence-electron chi connectivity index (χ1n) is 8.00. The van der Waals surface area contributed by atoms with Crippen molar-refractivity contribution in [3.63, 3.8) is 0 Å². The van der Waals surface area contributed by atoms with Crippen LogP contribution in [0.15, 0.2) is 47.6 Å². The summed E-state index contributed by atoms with van der Waals surface area (Å²) in [5.41, 5.74) is 1.17. The minimum absolute atomic E-state index is 0.264. The minimum Gasteiger partial charge on any atom is -0.296 e. The van der Waals surface area contributed by atoms with Gasteiger partial charge in [-0.2, -0.15) is 13.9 Å². The molecule has 0 fully saturated rings. The number of benzene rings is 1. The molecule has 3 aromatic rings. The van der Waals surface area contributed by atoms with Crippen molar-refractivity contribution in [2.75, 3.05) is 4.90 Å². The predicted octanol–water partition coefficient (Wildman–Crippen LogP) is 4.59. The maximum atomic E-state index is 15.3. The fraction of sp³-hybridized carbons (Fsp3) is 0.167. The van der Waals surface area contributed by atoms with E-state index < -0.39 is 23.6 Å². The zero-order valence-corrected chi connectivity index (χ0v) is 14.8. The van der Waals surface area contributed by atoms with Gasteiger partial charge in [0, 0.05) is 28.6 Å². The van der Waals surface area contributed by atoms with Crippen LogP contribution in [0.5, 0.6) is 0 Å². The molecule has 1 N–H and O–H groups in total. The summed E-state index contributed by atoms with van der Waals surface area (Å²) in [6.45, 7) is 1.76. The lowest BCUT2D eigenvalue weighted by Crippen LogP contribution is -2.45. The van der Waals surface area contributed by atoms with E-state index in [0.29, 0.717) is 22.0 Å². The summed E-state index contributed by atoms with van der Waals surface area (Å²) in [7, 11) is 0. The Morgan fingerprint density at radius 2 is 2.00 bits per heavy atom. The first-order valence-corrected chi connectivity index (χ1v) is 8.38. The number of alkyl halides is 2. The Hall–Kier alpha value is -2.87. The number of rotatable bonds is 3. The van der Waals surface area contributed by atoms with Crippen LogP contribution in [0.25, 0.3) is 0 Å². The summed E-state index contributed by atoms with van der Waals surface area (Å²) in [5, 5.41) is 7.25. The highest BCUT2D eigenvalue weighted by Crippen LogP contribution is 2.43. The van der Waals surface area contributed by atoms with Crippen molar-refractivity contribution in [2.24, 2.45) is 4.99 Å². The van der Waals surface area contributed by atoms with Gasteiger partial charge in [-0.05, 0) is 37.3 Å². The molecule has 0 amide bonds. The quantitative estimate of drug-likeness (QED) is 0.710. The fourth-order valence-corrected chi connectivity index (χ4v) is 3.09. The molecule has 0 spiro atoms. The molecule has 0 bridgehead atoms. The molecule has 3 heterocycles. The van der Waals surface area contributed by atoms with E-state index in [4.69, 9.17) is 11.6 Å². The van der Waals surface area contributed by atoms with Crippen molar-refractivity contribution >= 4 is 29.3 Å². The highest BCUT2D eigenvalue weighted by atomic mass is 35.5. The lowest BCUT2D eigenvalue weighted by molar-refractivity contribution is -0.0329. The molecule has 1 atom stereocenters. The number of aliphatic imine (C=N–C) groups is 1. The first-order chi connectivity index (χ1) is 12.9. The number of aryl methyl sites for hydroxylation is 1. The van der Waals surface area contributed by atoms with Crippen molar-refractivity contribution in [3.05, 3.63) is 70.4 Å². The average Bonchev–Trinajstić information content (AvgIpc) is 3.07. The number of aromatic nitrogens is 3. The van der Waals surface area contributed by atoms with E-state index in [1.54, 1.807) is 31.2 Å². The van der Waals surface area contributed by atoms with Crippen LogP contribution in [0.2, 0.25) is 5.02 Å². The van der Waals surface area contributed by atoms with Gasteiger partial charge < -0.3 is 0 Å². The number of nitrogens with zero attached hydrogens (tertiary/aromatic N) is 4. The van der Waals surface area contributed by atoms with Gasteiger partial charge in [0.2, 0.25) is 0 Å². The molecule has 0 aliphatic carbocycles. The Kier molecular flexibility index (Phi) is 4.15. The van der Waals surface area contributed by atoms with Crippen LogP contribution in [0.3, 0.4) is 0 Å². The van der Waals surface area contributed by atoms with Gasteiger partial charge in [0.25, 0.3) is 0 Å².